The zero-order chi connectivity index (χ0) is 15.1. The van der Waals surface area contributed by atoms with Crippen LogP contribution in [-0.4, -0.2) is 25.2 Å². The van der Waals surface area contributed by atoms with Gasteiger partial charge < -0.3 is 15.8 Å². The van der Waals surface area contributed by atoms with E-state index in [-0.39, 0.29) is 5.91 Å². The molecule has 0 atom stereocenters. The largest absolute Gasteiger partial charge is 0.398 e. The van der Waals surface area contributed by atoms with E-state index >= 15 is 0 Å². The van der Waals surface area contributed by atoms with Crippen molar-refractivity contribution in [2.75, 3.05) is 18.9 Å². The van der Waals surface area contributed by atoms with Crippen LogP contribution in [0, 0.1) is 0 Å². The lowest BCUT2D eigenvalue weighted by atomic mass is 9.98. The van der Waals surface area contributed by atoms with Crippen molar-refractivity contribution in [3.63, 3.8) is 0 Å². The maximum Gasteiger partial charge on any atom is 0.251 e. The molecule has 0 radical (unpaired) electrons. The van der Waals surface area contributed by atoms with Crippen molar-refractivity contribution in [2.45, 2.75) is 44.6 Å². The van der Waals surface area contributed by atoms with Crippen molar-refractivity contribution in [3.05, 3.63) is 28.8 Å². The Morgan fingerprint density at radius 2 is 2.10 bits per heavy atom. The van der Waals surface area contributed by atoms with Gasteiger partial charge in [-0.2, -0.15) is 0 Å². The number of rotatable bonds is 6. The molecule has 0 saturated heterocycles. The number of carbonyl (C=O) groups is 1. The van der Waals surface area contributed by atoms with Crippen molar-refractivity contribution < 1.29 is 9.53 Å². The minimum Gasteiger partial charge on any atom is -0.398 e. The summed E-state index contributed by atoms with van der Waals surface area (Å²) in [6.45, 7) is 1.31. The molecule has 1 aromatic carbocycles. The van der Waals surface area contributed by atoms with E-state index in [0.717, 1.165) is 6.42 Å². The molecule has 0 bridgehead atoms. The summed E-state index contributed by atoms with van der Waals surface area (Å²) in [6.07, 6.45) is 7.49. The number of amides is 1. The number of nitrogens with one attached hydrogen (secondary N) is 1. The molecule has 0 heterocycles. The molecule has 1 aliphatic carbocycles. The first-order valence-electron chi connectivity index (χ1n) is 7.61. The lowest BCUT2D eigenvalue weighted by Crippen LogP contribution is -2.26. The fourth-order valence-corrected chi connectivity index (χ4v) is 2.66. The summed E-state index contributed by atoms with van der Waals surface area (Å²) in [5, 5.41) is 3.33. The fourth-order valence-electron chi connectivity index (χ4n) is 2.54. The van der Waals surface area contributed by atoms with Gasteiger partial charge in [-0.25, -0.2) is 0 Å². The predicted molar refractivity (Wildman–Crippen MR) is 85.6 cm³/mol. The van der Waals surface area contributed by atoms with Crippen LogP contribution in [0.1, 0.15) is 48.9 Å². The van der Waals surface area contributed by atoms with Gasteiger partial charge in [0.15, 0.2) is 0 Å². The number of halogens is 1. The normalized spacial score (nSPS) is 15.9. The van der Waals surface area contributed by atoms with E-state index in [1.807, 2.05) is 0 Å². The molecule has 116 valence electrons. The van der Waals surface area contributed by atoms with Crippen LogP contribution < -0.4 is 11.1 Å². The molecule has 2 rings (SSSR count). The Balaban J connectivity index is 1.63. The highest BCUT2D eigenvalue weighted by Crippen LogP contribution is 2.20. The van der Waals surface area contributed by atoms with E-state index in [1.165, 1.54) is 32.1 Å². The SMILES string of the molecule is Nc1cc(C(=O)NCCCOC2CCCCC2)ccc1Cl. The Morgan fingerprint density at radius 3 is 2.81 bits per heavy atom. The van der Waals surface area contributed by atoms with Crippen LogP contribution in [0.4, 0.5) is 5.69 Å². The molecule has 1 aliphatic rings. The molecule has 0 aromatic heterocycles. The lowest BCUT2D eigenvalue weighted by molar-refractivity contribution is 0.0273. The Hall–Kier alpha value is -1.26. The summed E-state index contributed by atoms with van der Waals surface area (Å²) in [5.74, 6) is -0.129. The predicted octanol–water partition coefficient (Wildman–Crippen LogP) is 3.39. The highest BCUT2D eigenvalue weighted by Gasteiger charge is 2.13. The number of nitrogen functional groups attached to an aromatic ring is 1. The van der Waals surface area contributed by atoms with Gasteiger partial charge in [0.05, 0.1) is 16.8 Å². The second kappa shape index (κ2) is 8.25. The number of ether oxygens (including phenoxy) is 1. The summed E-state index contributed by atoms with van der Waals surface area (Å²) in [4.78, 5) is 11.9. The van der Waals surface area contributed by atoms with Gasteiger partial charge in [0, 0.05) is 18.7 Å². The summed E-state index contributed by atoms with van der Waals surface area (Å²) in [6, 6.07) is 4.90. The molecule has 0 aliphatic heterocycles. The second-order valence-corrected chi connectivity index (χ2v) is 5.88. The molecule has 4 nitrogen and oxygen atoms in total. The fraction of sp³-hybridized carbons (Fsp3) is 0.562. The van der Waals surface area contributed by atoms with E-state index in [4.69, 9.17) is 22.1 Å². The first-order valence-corrected chi connectivity index (χ1v) is 7.99. The Labute approximate surface area is 131 Å². The number of benzene rings is 1. The Bertz CT molecular complexity index is 473. The second-order valence-electron chi connectivity index (χ2n) is 5.48. The molecule has 1 amide bonds. The van der Waals surface area contributed by atoms with Gasteiger partial charge in [-0.15, -0.1) is 0 Å². The summed E-state index contributed by atoms with van der Waals surface area (Å²) >= 11 is 5.83. The van der Waals surface area contributed by atoms with E-state index < -0.39 is 0 Å². The van der Waals surface area contributed by atoms with E-state index in [0.29, 0.717) is 35.5 Å². The minimum absolute atomic E-state index is 0.129. The van der Waals surface area contributed by atoms with Gasteiger partial charge in [-0.05, 0) is 37.5 Å². The Kier molecular flexibility index (Phi) is 6.33. The molecule has 21 heavy (non-hydrogen) atoms. The van der Waals surface area contributed by atoms with Crippen LogP contribution >= 0.6 is 11.6 Å². The van der Waals surface area contributed by atoms with Crippen molar-refractivity contribution >= 4 is 23.2 Å². The van der Waals surface area contributed by atoms with Gasteiger partial charge >= 0.3 is 0 Å². The molecule has 0 spiro atoms. The van der Waals surface area contributed by atoms with Crippen molar-refractivity contribution in [2.24, 2.45) is 0 Å². The number of hydrogen-bond acceptors (Lipinski definition) is 3. The van der Waals surface area contributed by atoms with Gasteiger partial charge in [0.25, 0.3) is 5.91 Å². The number of hydrogen-bond donors (Lipinski definition) is 2. The van der Waals surface area contributed by atoms with Gasteiger partial charge in [0.2, 0.25) is 0 Å². The van der Waals surface area contributed by atoms with E-state index in [2.05, 4.69) is 5.32 Å². The van der Waals surface area contributed by atoms with Crippen molar-refractivity contribution in [1.29, 1.82) is 0 Å². The van der Waals surface area contributed by atoms with Gasteiger partial charge in [-0.1, -0.05) is 30.9 Å². The molecule has 1 aromatic rings. The average Bonchev–Trinajstić information content (AvgIpc) is 2.50. The maximum absolute atomic E-state index is 11.9. The minimum atomic E-state index is -0.129. The Morgan fingerprint density at radius 1 is 1.33 bits per heavy atom. The number of anilines is 1. The standard InChI is InChI=1S/C16H23ClN2O2/c17-14-8-7-12(11-15(14)18)16(20)19-9-4-10-21-13-5-2-1-3-6-13/h7-8,11,13H,1-6,9-10,18H2,(H,19,20). The van der Waals surface area contributed by atoms with Crippen molar-refractivity contribution in [3.8, 4) is 0 Å². The lowest BCUT2D eigenvalue weighted by Gasteiger charge is -2.21. The third kappa shape index (κ3) is 5.21. The average molecular weight is 311 g/mol. The van der Waals surface area contributed by atoms with E-state index in [9.17, 15) is 4.79 Å². The first kappa shape index (κ1) is 16.1. The summed E-state index contributed by atoms with van der Waals surface area (Å²) < 4.78 is 5.82. The highest BCUT2D eigenvalue weighted by atomic mass is 35.5. The van der Waals surface area contributed by atoms with Crippen molar-refractivity contribution in [1.82, 2.24) is 5.32 Å². The third-order valence-electron chi connectivity index (χ3n) is 3.77. The van der Waals surface area contributed by atoms with Crippen LogP contribution in [-0.2, 0) is 4.74 Å². The monoisotopic (exact) mass is 310 g/mol. The van der Waals surface area contributed by atoms with Crippen LogP contribution in [0.15, 0.2) is 18.2 Å². The molecule has 1 saturated carbocycles. The quantitative estimate of drug-likeness (QED) is 0.625. The molecule has 5 heteroatoms. The zero-order valence-electron chi connectivity index (χ0n) is 12.2. The molecule has 1 fully saturated rings. The van der Waals surface area contributed by atoms with Crippen LogP contribution in [0.2, 0.25) is 5.02 Å². The molecular weight excluding hydrogens is 288 g/mol. The number of carbonyl (C=O) groups excluding carboxylic acids is 1. The van der Waals surface area contributed by atoms with E-state index in [1.54, 1.807) is 18.2 Å². The molecule has 3 N–H and O–H groups in total. The smallest absolute Gasteiger partial charge is 0.251 e. The molecular formula is C16H23ClN2O2. The maximum atomic E-state index is 11.9. The highest BCUT2D eigenvalue weighted by molar-refractivity contribution is 6.33. The molecule has 0 unspecified atom stereocenters. The topological polar surface area (TPSA) is 64.4 Å². The third-order valence-corrected chi connectivity index (χ3v) is 4.11. The van der Waals surface area contributed by atoms with Crippen LogP contribution in [0.25, 0.3) is 0 Å². The van der Waals surface area contributed by atoms with Crippen LogP contribution in [0.3, 0.4) is 0 Å². The van der Waals surface area contributed by atoms with Gasteiger partial charge in [0.1, 0.15) is 0 Å². The van der Waals surface area contributed by atoms with Gasteiger partial charge in [-0.3, -0.25) is 4.79 Å². The zero-order valence-corrected chi connectivity index (χ0v) is 13.0. The number of nitrogens with two attached hydrogens (primary N) is 1. The van der Waals surface area contributed by atoms with Crippen LogP contribution in [0.5, 0.6) is 0 Å². The summed E-state index contributed by atoms with van der Waals surface area (Å²) in [7, 11) is 0. The first-order chi connectivity index (χ1) is 10.2. The summed E-state index contributed by atoms with van der Waals surface area (Å²) in [5.41, 5.74) is 6.64.